The molecule has 166 valence electrons. The van der Waals surface area contributed by atoms with E-state index in [1.165, 1.54) is 5.56 Å². The standard InChI is InChI=1S/C24H24Cl3NO2.ClH/c1-16-3-5-17(6-4-16)15-30-24-22(27)11-18(12-23(24)29-2)14-28-10-9-19-7-8-20(25)13-21(19)26;/h3-8,11-13,28H,9-10,14-15H2,1-2H3;1H. The molecule has 0 aliphatic carbocycles. The van der Waals surface area contributed by atoms with E-state index in [2.05, 4.69) is 24.4 Å². The van der Waals surface area contributed by atoms with E-state index < -0.39 is 0 Å². The van der Waals surface area contributed by atoms with Gasteiger partial charge in [-0.3, -0.25) is 0 Å². The summed E-state index contributed by atoms with van der Waals surface area (Å²) in [7, 11) is 1.62. The van der Waals surface area contributed by atoms with Crippen LogP contribution in [-0.2, 0) is 19.6 Å². The summed E-state index contributed by atoms with van der Waals surface area (Å²) in [4.78, 5) is 0. The smallest absolute Gasteiger partial charge is 0.180 e. The Bertz CT molecular complexity index is 994. The van der Waals surface area contributed by atoms with E-state index in [1.54, 1.807) is 13.2 Å². The minimum atomic E-state index is 0. The van der Waals surface area contributed by atoms with Crippen LogP contribution in [-0.4, -0.2) is 13.7 Å². The van der Waals surface area contributed by atoms with Crippen LogP contribution in [0.5, 0.6) is 11.5 Å². The van der Waals surface area contributed by atoms with E-state index in [-0.39, 0.29) is 12.4 Å². The number of aryl methyl sites for hydroxylation is 1. The monoisotopic (exact) mass is 499 g/mol. The van der Waals surface area contributed by atoms with Gasteiger partial charge in [-0.15, -0.1) is 12.4 Å². The van der Waals surface area contributed by atoms with Crippen LogP contribution >= 0.6 is 47.2 Å². The van der Waals surface area contributed by atoms with Gasteiger partial charge >= 0.3 is 0 Å². The topological polar surface area (TPSA) is 30.5 Å². The van der Waals surface area contributed by atoms with Crippen molar-refractivity contribution in [2.24, 2.45) is 0 Å². The summed E-state index contributed by atoms with van der Waals surface area (Å²) in [5, 5.41) is 5.26. The van der Waals surface area contributed by atoms with Crippen LogP contribution in [0.25, 0.3) is 0 Å². The predicted molar refractivity (Wildman–Crippen MR) is 133 cm³/mol. The average Bonchev–Trinajstić information content (AvgIpc) is 2.72. The van der Waals surface area contributed by atoms with Crippen molar-refractivity contribution >= 4 is 47.2 Å². The Balaban J connectivity index is 0.00000341. The molecule has 3 nitrogen and oxygen atoms in total. The second-order valence-electron chi connectivity index (χ2n) is 7.05. The lowest BCUT2D eigenvalue weighted by atomic mass is 10.1. The van der Waals surface area contributed by atoms with E-state index in [9.17, 15) is 0 Å². The number of halogens is 4. The van der Waals surface area contributed by atoms with E-state index in [0.29, 0.717) is 39.7 Å². The highest BCUT2D eigenvalue weighted by Gasteiger charge is 2.12. The van der Waals surface area contributed by atoms with Crippen LogP contribution in [0.15, 0.2) is 54.6 Å². The number of ether oxygens (including phenoxy) is 2. The summed E-state index contributed by atoms with van der Waals surface area (Å²) in [5.74, 6) is 1.17. The number of benzene rings is 3. The Labute approximate surface area is 205 Å². The number of nitrogens with one attached hydrogen (secondary N) is 1. The summed E-state index contributed by atoms with van der Waals surface area (Å²) >= 11 is 18.7. The zero-order valence-corrected chi connectivity index (χ0v) is 20.5. The molecule has 3 aromatic carbocycles. The molecule has 0 aromatic heterocycles. The maximum Gasteiger partial charge on any atom is 0.180 e. The normalized spacial score (nSPS) is 10.5. The van der Waals surface area contributed by atoms with Gasteiger partial charge in [0, 0.05) is 16.6 Å². The first-order chi connectivity index (χ1) is 14.5. The minimum Gasteiger partial charge on any atom is -0.493 e. The van der Waals surface area contributed by atoms with Crippen molar-refractivity contribution in [3.63, 3.8) is 0 Å². The Morgan fingerprint density at radius 3 is 2.29 bits per heavy atom. The Kier molecular flexibility index (Phi) is 10.3. The second-order valence-corrected chi connectivity index (χ2v) is 8.30. The molecule has 0 fully saturated rings. The van der Waals surface area contributed by atoms with Crippen molar-refractivity contribution in [1.82, 2.24) is 5.32 Å². The molecule has 3 aromatic rings. The van der Waals surface area contributed by atoms with Crippen LogP contribution in [0.3, 0.4) is 0 Å². The van der Waals surface area contributed by atoms with Gasteiger partial charge < -0.3 is 14.8 Å². The molecule has 0 saturated heterocycles. The highest BCUT2D eigenvalue weighted by molar-refractivity contribution is 6.35. The molecule has 0 aliphatic rings. The van der Waals surface area contributed by atoms with Gasteiger partial charge in [0.2, 0.25) is 0 Å². The maximum absolute atomic E-state index is 6.49. The second kappa shape index (κ2) is 12.4. The highest BCUT2D eigenvalue weighted by atomic mass is 35.5. The van der Waals surface area contributed by atoms with Gasteiger partial charge in [0.05, 0.1) is 12.1 Å². The molecular weight excluding hydrogens is 476 g/mol. The molecule has 0 heterocycles. The van der Waals surface area contributed by atoms with Crippen LogP contribution < -0.4 is 14.8 Å². The fourth-order valence-corrected chi connectivity index (χ4v) is 3.83. The maximum atomic E-state index is 6.49. The third kappa shape index (κ3) is 7.48. The number of hydrogen-bond acceptors (Lipinski definition) is 3. The third-order valence-corrected chi connectivity index (χ3v) is 5.58. The van der Waals surface area contributed by atoms with Crippen molar-refractivity contribution < 1.29 is 9.47 Å². The summed E-state index contributed by atoms with van der Waals surface area (Å²) in [6, 6.07) is 17.6. The zero-order chi connectivity index (χ0) is 21.5. The Hall–Kier alpha value is -1.62. The van der Waals surface area contributed by atoms with Crippen LogP contribution in [0.4, 0.5) is 0 Å². The number of rotatable bonds is 9. The molecule has 0 bridgehead atoms. The Morgan fingerprint density at radius 1 is 0.871 bits per heavy atom. The predicted octanol–water partition coefficient (Wildman–Crippen LogP) is 7.30. The fourth-order valence-electron chi connectivity index (χ4n) is 3.04. The SMILES string of the molecule is COc1cc(CNCCc2ccc(Cl)cc2Cl)cc(Cl)c1OCc1ccc(C)cc1.Cl. The van der Waals surface area contributed by atoms with Gasteiger partial charge in [0.1, 0.15) is 6.61 Å². The van der Waals surface area contributed by atoms with Gasteiger partial charge in [-0.25, -0.2) is 0 Å². The number of hydrogen-bond donors (Lipinski definition) is 1. The molecular formula is C24H25Cl4NO2. The van der Waals surface area contributed by atoms with Gasteiger partial charge in [-0.05, 0) is 60.8 Å². The molecule has 3 rings (SSSR count). The fraction of sp³-hybridized carbons (Fsp3) is 0.250. The zero-order valence-electron chi connectivity index (χ0n) is 17.4. The van der Waals surface area contributed by atoms with Crippen LogP contribution in [0, 0.1) is 6.92 Å². The molecule has 0 radical (unpaired) electrons. The van der Waals surface area contributed by atoms with Gasteiger partial charge in [0.25, 0.3) is 0 Å². The van der Waals surface area contributed by atoms with Crippen LogP contribution in [0.1, 0.15) is 22.3 Å². The summed E-state index contributed by atoms with van der Waals surface area (Å²) in [5.41, 5.74) is 4.36. The van der Waals surface area contributed by atoms with Crippen LogP contribution in [0.2, 0.25) is 15.1 Å². The lowest BCUT2D eigenvalue weighted by Gasteiger charge is -2.15. The van der Waals surface area contributed by atoms with Crippen molar-refractivity contribution in [2.45, 2.75) is 26.5 Å². The van der Waals surface area contributed by atoms with E-state index >= 15 is 0 Å². The molecule has 0 unspecified atom stereocenters. The molecule has 1 N–H and O–H groups in total. The lowest BCUT2D eigenvalue weighted by Crippen LogP contribution is -2.17. The average molecular weight is 501 g/mol. The third-order valence-electron chi connectivity index (χ3n) is 4.71. The van der Waals surface area contributed by atoms with E-state index in [1.807, 2.05) is 36.4 Å². The van der Waals surface area contributed by atoms with E-state index in [4.69, 9.17) is 44.3 Å². The van der Waals surface area contributed by atoms with Crippen molar-refractivity contribution in [1.29, 1.82) is 0 Å². The number of methoxy groups -OCH3 is 1. The highest BCUT2D eigenvalue weighted by Crippen LogP contribution is 2.37. The van der Waals surface area contributed by atoms with Gasteiger partial charge in [-0.2, -0.15) is 0 Å². The molecule has 0 atom stereocenters. The van der Waals surface area contributed by atoms with Gasteiger partial charge in [0.15, 0.2) is 11.5 Å². The first kappa shape index (κ1) is 25.6. The summed E-state index contributed by atoms with van der Waals surface area (Å²) < 4.78 is 11.5. The molecule has 0 spiro atoms. The van der Waals surface area contributed by atoms with Crippen molar-refractivity contribution in [3.8, 4) is 11.5 Å². The minimum absolute atomic E-state index is 0. The quantitative estimate of drug-likeness (QED) is 0.312. The molecule has 0 amide bonds. The van der Waals surface area contributed by atoms with Gasteiger partial charge in [-0.1, -0.05) is 70.7 Å². The first-order valence-electron chi connectivity index (χ1n) is 9.65. The molecule has 0 aliphatic heterocycles. The largest absolute Gasteiger partial charge is 0.493 e. The molecule has 31 heavy (non-hydrogen) atoms. The first-order valence-corrected chi connectivity index (χ1v) is 10.8. The molecule has 7 heteroatoms. The summed E-state index contributed by atoms with van der Waals surface area (Å²) in [6.45, 7) is 3.91. The van der Waals surface area contributed by atoms with Crippen molar-refractivity contribution in [3.05, 3.63) is 91.9 Å². The van der Waals surface area contributed by atoms with Crippen molar-refractivity contribution in [2.75, 3.05) is 13.7 Å². The lowest BCUT2D eigenvalue weighted by molar-refractivity contribution is 0.284. The Morgan fingerprint density at radius 2 is 1.61 bits per heavy atom. The summed E-state index contributed by atoms with van der Waals surface area (Å²) in [6.07, 6.45) is 0.804. The molecule has 0 saturated carbocycles. The van der Waals surface area contributed by atoms with E-state index in [0.717, 1.165) is 29.7 Å².